The van der Waals surface area contributed by atoms with Crippen molar-refractivity contribution in [1.29, 1.82) is 0 Å². The molecule has 2 rings (SSSR count). The minimum atomic E-state index is -2.75. The summed E-state index contributed by atoms with van der Waals surface area (Å²) in [7, 11) is -2.75. The highest BCUT2D eigenvalue weighted by Gasteiger charge is 2.46. The van der Waals surface area contributed by atoms with E-state index >= 15 is 0 Å². The molecule has 2 fully saturated rings. The monoisotopic (exact) mass is 165 g/mol. The highest BCUT2D eigenvalue weighted by molar-refractivity contribution is 8.04. The van der Waals surface area contributed by atoms with Gasteiger partial charge in [0.15, 0.2) is 0 Å². The van der Waals surface area contributed by atoms with E-state index in [9.17, 15) is 8.42 Å². The summed E-state index contributed by atoms with van der Waals surface area (Å²) in [6, 6.07) is 0. The third-order valence-corrected chi connectivity index (χ3v) is 5.11. The number of sulfonamides is 1. The predicted molar refractivity (Wildman–Crippen MR) is 36.7 cm³/mol. The number of hydrogen-bond acceptors (Lipinski definition) is 3. The zero-order valence-corrected chi connectivity index (χ0v) is 6.41. The number of rotatable bonds is 0. The Kier molecular flexibility index (Phi) is 1.10. The zero-order chi connectivity index (χ0) is 6.48. The average Bonchev–Trinajstić information content (AvgIpc) is 2.10. The summed E-state index contributed by atoms with van der Waals surface area (Å²) < 4.78 is 23.2. The molecule has 0 aliphatic carbocycles. The molecule has 2 aliphatic heterocycles. The maximum Gasteiger partial charge on any atom is 0.217 e. The Labute approximate surface area is 58.5 Å². The molecule has 0 N–H and O–H groups in total. The fourth-order valence-electron chi connectivity index (χ4n) is 1.15. The first-order valence-corrected chi connectivity index (χ1v) is 5.47. The van der Waals surface area contributed by atoms with Crippen LogP contribution in [-0.4, -0.2) is 36.1 Å². The number of fused-ring (bicyclic) bond motifs is 1. The molecule has 3 nitrogen and oxygen atoms in total. The lowest BCUT2D eigenvalue weighted by Gasteiger charge is -2.32. The molecular weight excluding hydrogens is 158 g/mol. The first kappa shape index (κ1) is 6.00. The van der Waals surface area contributed by atoms with Crippen molar-refractivity contribution >= 4 is 21.8 Å². The highest BCUT2D eigenvalue weighted by Crippen LogP contribution is 2.35. The first-order valence-electron chi connectivity index (χ1n) is 2.81. The molecule has 0 saturated carbocycles. The summed E-state index contributed by atoms with van der Waals surface area (Å²) in [6.45, 7) is 0.734. The molecule has 0 aromatic rings. The van der Waals surface area contributed by atoms with Gasteiger partial charge in [0.25, 0.3) is 0 Å². The first-order chi connectivity index (χ1) is 4.20. The molecule has 0 bridgehead atoms. The van der Waals surface area contributed by atoms with E-state index in [1.807, 2.05) is 0 Å². The smallest absolute Gasteiger partial charge is 0.212 e. The van der Waals surface area contributed by atoms with Gasteiger partial charge in [-0.3, -0.25) is 0 Å². The predicted octanol–water partition coefficient (Wildman–Crippen LogP) is -0.295. The second-order valence-electron chi connectivity index (χ2n) is 2.21. The van der Waals surface area contributed by atoms with Crippen LogP contribution in [0.2, 0.25) is 0 Å². The van der Waals surface area contributed by atoms with Gasteiger partial charge in [0.1, 0.15) is 0 Å². The quantitative estimate of drug-likeness (QED) is 0.495. The molecule has 0 spiro atoms. The lowest BCUT2D eigenvalue weighted by molar-refractivity contribution is 0.393. The van der Waals surface area contributed by atoms with Gasteiger partial charge in [0.2, 0.25) is 10.0 Å². The van der Waals surface area contributed by atoms with Crippen molar-refractivity contribution in [3.63, 3.8) is 0 Å². The highest BCUT2D eigenvalue weighted by atomic mass is 32.2. The van der Waals surface area contributed by atoms with Crippen molar-refractivity contribution < 1.29 is 8.42 Å². The Morgan fingerprint density at radius 1 is 1.56 bits per heavy atom. The molecule has 0 radical (unpaired) electrons. The molecule has 2 heterocycles. The SMILES string of the molecule is O=S1(=O)CC2SCCN21. The molecule has 9 heavy (non-hydrogen) atoms. The Hall–Kier alpha value is 0.260. The van der Waals surface area contributed by atoms with Gasteiger partial charge >= 0.3 is 0 Å². The molecule has 52 valence electrons. The van der Waals surface area contributed by atoms with E-state index < -0.39 is 10.0 Å². The van der Waals surface area contributed by atoms with Crippen LogP contribution in [0, 0.1) is 0 Å². The summed E-state index contributed by atoms with van der Waals surface area (Å²) in [6.07, 6.45) is 0. The Balaban J connectivity index is 2.27. The number of hydrogen-bond donors (Lipinski definition) is 0. The van der Waals surface area contributed by atoms with Crippen molar-refractivity contribution in [2.75, 3.05) is 18.1 Å². The van der Waals surface area contributed by atoms with Gasteiger partial charge in [0.05, 0.1) is 11.1 Å². The van der Waals surface area contributed by atoms with Crippen LogP contribution >= 0.6 is 11.8 Å². The Morgan fingerprint density at radius 3 is 2.78 bits per heavy atom. The van der Waals surface area contributed by atoms with E-state index in [1.165, 1.54) is 0 Å². The normalized spacial score (nSPS) is 39.8. The Bertz CT molecular complexity index is 223. The van der Waals surface area contributed by atoms with E-state index in [-0.39, 0.29) is 0 Å². The minimum Gasteiger partial charge on any atom is -0.212 e. The second kappa shape index (κ2) is 1.65. The van der Waals surface area contributed by atoms with E-state index in [2.05, 4.69) is 0 Å². The number of nitrogens with zero attached hydrogens (tertiary/aromatic N) is 1. The van der Waals surface area contributed by atoms with Gasteiger partial charge < -0.3 is 0 Å². The van der Waals surface area contributed by atoms with Gasteiger partial charge in [-0.15, -0.1) is 11.8 Å². The van der Waals surface area contributed by atoms with Crippen LogP contribution in [0.15, 0.2) is 0 Å². The maximum atomic E-state index is 10.8. The van der Waals surface area contributed by atoms with Crippen LogP contribution < -0.4 is 0 Å². The summed E-state index contributed by atoms with van der Waals surface area (Å²) >= 11 is 1.74. The molecule has 1 atom stereocenters. The van der Waals surface area contributed by atoms with Crippen LogP contribution in [-0.2, 0) is 10.0 Å². The average molecular weight is 165 g/mol. The van der Waals surface area contributed by atoms with Crippen LogP contribution in [0.4, 0.5) is 0 Å². The van der Waals surface area contributed by atoms with Crippen LogP contribution in [0.3, 0.4) is 0 Å². The topological polar surface area (TPSA) is 37.4 Å². The molecule has 2 saturated heterocycles. The third kappa shape index (κ3) is 0.716. The minimum absolute atomic E-state index is 0.301. The summed E-state index contributed by atoms with van der Waals surface area (Å²) in [4.78, 5) is 0. The van der Waals surface area contributed by atoms with Crippen molar-refractivity contribution in [2.24, 2.45) is 0 Å². The largest absolute Gasteiger partial charge is 0.217 e. The summed E-state index contributed by atoms with van der Waals surface area (Å²) in [5, 5.41) is 0.301. The second-order valence-corrected chi connectivity index (χ2v) is 5.47. The van der Waals surface area contributed by atoms with Gasteiger partial charge in [-0.1, -0.05) is 0 Å². The van der Waals surface area contributed by atoms with Gasteiger partial charge in [-0.05, 0) is 0 Å². The molecule has 2 aliphatic rings. The number of thioether (sulfide) groups is 1. The molecular formula is C4H7NO2S2. The van der Waals surface area contributed by atoms with Crippen molar-refractivity contribution in [3.8, 4) is 0 Å². The summed E-state index contributed by atoms with van der Waals surface area (Å²) in [5.74, 6) is 1.35. The Morgan fingerprint density at radius 2 is 2.33 bits per heavy atom. The zero-order valence-electron chi connectivity index (χ0n) is 4.78. The fourth-order valence-corrected chi connectivity index (χ4v) is 4.86. The van der Waals surface area contributed by atoms with Crippen molar-refractivity contribution in [1.82, 2.24) is 4.31 Å². The molecule has 1 unspecified atom stereocenters. The van der Waals surface area contributed by atoms with E-state index in [1.54, 1.807) is 16.1 Å². The van der Waals surface area contributed by atoms with Gasteiger partial charge in [-0.25, -0.2) is 8.42 Å². The maximum absolute atomic E-state index is 10.8. The van der Waals surface area contributed by atoms with Crippen LogP contribution in [0.5, 0.6) is 0 Å². The van der Waals surface area contributed by atoms with E-state index in [0.717, 1.165) is 12.3 Å². The molecule has 0 aromatic carbocycles. The fraction of sp³-hybridized carbons (Fsp3) is 1.00. The standard InChI is InChI=1S/C4H7NO2S2/c6-9(7)3-4-5(9)1-2-8-4/h4H,1-3H2. The third-order valence-electron chi connectivity index (χ3n) is 1.65. The molecule has 0 amide bonds. The van der Waals surface area contributed by atoms with Gasteiger partial charge in [0, 0.05) is 12.3 Å². The van der Waals surface area contributed by atoms with Crippen LogP contribution in [0.25, 0.3) is 0 Å². The molecule has 5 heteroatoms. The van der Waals surface area contributed by atoms with Crippen LogP contribution in [0.1, 0.15) is 0 Å². The molecule has 0 aromatic heterocycles. The van der Waals surface area contributed by atoms with E-state index in [4.69, 9.17) is 0 Å². The summed E-state index contributed by atoms with van der Waals surface area (Å²) in [5.41, 5.74) is 0. The van der Waals surface area contributed by atoms with Gasteiger partial charge in [-0.2, -0.15) is 4.31 Å². The van der Waals surface area contributed by atoms with Crippen molar-refractivity contribution in [3.05, 3.63) is 0 Å². The van der Waals surface area contributed by atoms with Crippen molar-refractivity contribution in [2.45, 2.75) is 5.37 Å². The lowest BCUT2D eigenvalue weighted by atomic mass is 10.6. The van der Waals surface area contributed by atoms with E-state index in [0.29, 0.717) is 11.1 Å². The lowest BCUT2D eigenvalue weighted by Crippen LogP contribution is -2.51.